The summed E-state index contributed by atoms with van der Waals surface area (Å²) in [5, 5.41) is 13.3. The number of rotatable bonds is 9. The Hall–Kier alpha value is -2.89. The summed E-state index contributed by atoms with van der Waals surface area (Å²) in [5.74, 6) is 1.41. The van der Waals surface area contributed by atoms with Crippen molar-refractivity contribution >= 4 is 16.7 Å². The van der Waals surface area contributed by atoms with Crippen LogP contribution < -0.4 is 4.74 Å². The maximum absolute atomic E-state index is 11.9. The van der Waals surface area contributed by atoms with Gasteiger partial charge in [0.15, 0.2) is 0 Å². The fourth-order valence-electron chi connectivity index (χ4n) is 4.89. The third-order valence-corrected chi connectivity index (χ3v) is 6.83. The van der Waals surface area contributed by atoms with E-state index in [0.717, 1.165) is 37.2 Å². The first-order valence-corrected chi connectivity index (χ1v) is 12.3. The predicted octanol–water partition coefficient (Wildman–Crippen LogP) is 4.48. The molecule has 0 spiro atoms. The number of ether oxygens (including phenoxy) is 1. The van der Waals surface area contributed by atoms with Crippen molar-refractivity contribution in [2.24, 2.45) is 0 Å². The zero-order chi connectivity index (χ0) is 23.9. The number of likely N-dealkylation sites (tertiary alicyclic amines) is 1. The largest absolute Gasteiger partial charge is 0.491 e. The molecular weight excluding hydrogens is 424 g/mol. The Morgan fingerprint density at radius 1 is 1.03 bits per heavy atom. The fraction of sp³-hybridized carbons (Fsp3) is 0.414. The Bertz CT molecular complexity index is 1080. The van der Waals surface area contributed by atoms with Gasteiger partial charge in [0.2, 0.25) is 5.91 Å². The minimum absolute atomic E-state index is 0.0988. The number of hydrogen-bond acceptors (Lipinski definition) is 4. The van der Waals surface area contributed by atoms with Gasteiger partial charge in [0, 0.05) is 27.1 Å². The Morgan fingerprint density at radius 2 is 1.74 bits per heavy atom. The van der Waals surface area contributed by atoms with Crippen molar-refractivity contribution < 1.29 is 14.6 Å². The van der Waals surface area contributed by atoms with Gasteiger partial charge >= 0.3 is 0 Å². The van der Waals surface area contributed by atoms with Crippen molar-refractivity contribution in [3.8, 4) is 5.75 Å². The number of para-hydroxylation sites is 1. The molecule has 0 bridgehead atoms. The van der Waals surface area contributed by atoms with Crippen LogP contribution in [0.5, 0.6) is 5.75 Å². The number of aliphatic hydroxyl groups excluding tert-OH is 1. The predicted molar refractivity (Wildman–Crippen MR) is 137 cm³/mol. The van der Waals surface area contributed by atoms with E-state index in [4.69, 9.17) is 4.74 Å². The SMILES string of the molecule is CN(C)C(=O)CCc1ccccc1OCC(O)CN1CCC(c2cccc3ccccc23)CC1. The molecule has 1 N–H and O–H groups in total. The Balaban J connectivity index is 1.26. The first-order chi connectivity index (χ1) is 16.5. The van der Waals surface area contributed by atoms with Crippen LogP contribution in [0.3, 0.4) is 0 Å². The van der Waals surface area contributed by atoms with E-state index in [9.17, 15) is 9.90 Å². The van der Waals surface area contributed by atoms with Crippen LogP contribution in [0.2, 0.25) is 0 Å². The van der Waals surface area contributed by atoms with Gasteiger partial charge in [-0.05, 0) is 66.2 Å². The molecular formula is C29H36N2O3. The molecule has 0 radical (unpaired) electrons. The molecule has 1 heterocycles. The number of carbonyl (C=O) groups excluding carboxylic acids is 1. The van der Waals surface area contributed by atoms with Crippen LogP contribution in [-0.2, 0) is 11.2 Å². The summed E-state index contributed by atoms with van der Waals surface area (Å²) in [7, 11) is 3.54. The van der Waals surface area contributed by atoms with E-state index in [1.54, 1.807) is 19.0 Å². The lowest BCUT2D eigenvalue weighted by atomic mass is 9.86. The van der Waals surface area contributed by atoms with E-state index in [1.807, 2.05) is 24.3 Å². The van der Waals surface area contributed by atoms with Gasteiger partial charge in [-0.2, -0.15) is 0 Å². The first-order valence-electron chi connectivity index (χ1n) is 12.3. The maximum atomic E-state index is 11.9. The summed E-state index contributed by atoms with van der Waals surface area (Å²) in [5.41, 5.74) is 2.45. The number of fused-ring (bicyclic) bond motifs is 1. The second kappa shape index (κ2) is 11.5. The maximum Gasteiger partial charge on any atom is 0.222 e. The zero-order valence-corrected chi connectivity index (χ0v) is 20.3. The first kappa shape index (κ1) is 24.2. The molecule has 3 aromatic carbocycles. The topological polar surface area (TPSA) is 53.0 Å². The molecule has 5 nitrogen and oxygen atoms in total. The number of benzene rings is 3. The molecule has 0 aliphatic carbocycles. The van der Waals surface area contributed by atoms with Gasteiger partial charge in [-0.1, -0.05) is 60.7 Å². The monoisotopic (exact) mass is 460 g/mol. The number of aliphatic hydroxyl groups is 1. The van der Waals surface area contributed by atoms with Gasteiger partial charge in [0.1, 0.15) is 18.5 Å². The zero-order valence-electron chi connectivity index (χ0n) is 20.3. The van der Waals surface area contributed by atoms with Crippen molar-refractivity contribution in [2.75, 3.05) is 40.3 Å². The van der Waals surface area contributed by atoms with Crippen molar-refractivity contribution in [1.29, 1.82) is 0 Å². The number of amides is 1. The third kappa shape index (κ3) is 6.16. The average molecular weight is 461 g/mol. The highest BCUT2D eigenvalue weighted by atomic mass is 16.5. The molecule has 1 aliphatic heterocycles. The van der Waals surface area contributed by atoms with Crippen LogP contribution in [0, 0.1) is 0 Å². The molecule has 1 saturated heterocycles. The van der Waals surface area contributed by atoms with Crippen LogP contribution in [0.25, 0.3) is 10.8 Å². The third-order valence-electron chi connectivity index (χ3n) is 6.83. The van der Waals surface area contributed by atoms with Crippen LogP contribution in [0.15, 0.2) is 66.7 Å². The summed E-state index contributed by atoms with van der Waals surface area (Å²) in [6, 6.07) is 23.0. The smallest absolute Gasteiger partial charge is 0.222 e. The summed E-state index contributed by atoms with van der Waals surface area (Å²) in [4.78, 5) is 15.9. The van der Waals surface area contributed by atoms with Crippen LogP contribution in [0.4, 0.5) is 0 Å². The fourth-order valence-corrected chi connectivity index (χ4v) is 4.89. The molecule has 1 amide bonds. The molecule has 180 valence electrons. The van der Waals surface area contributed by atoms with Gasteiger partial charge in [0.05, 0.1) is 0 Å². The lowest BCUT2D eigenvalue weighted by Gasteiger charge is -2.33. The molecule has 1 fully saturated rings. The molecule has 5 heteroatoms. The van der Waals surface area contributed by atoms with Crippen molar-refractivity contribution in [1.82, 2.24) is 9.80 Å². The summed E-state index contributed by atoms with van der Waals surface area (Å²) >= 11 is 0. The van der Waals surface area contributed by atoms with Crippen molar-refractivity contribution in [3.63, 3.8) is 0 Å². The number of β-amino-alcohol motifs (C(OH)–C–C–N with tert-alkyl or cyclic N) is 1. The Morgan fingerprint density at radius 3 is 2.53 bits per heavy atom. The van der Waals surface area contributed by atoms with E-state index in [0.29, 0.717) is 25.3 Å². The van der Waals surface area contributed by atoms with Gasteiger partial charge in [0.25, 0.3) is 0 Å². The molecule has 1 unspecified atom stereocenters. The number of piperidine rings is 1. The van der Waals surface area contributed by atoms with E-state index in [-0.39, 0.29) is 12.5 Å². The second-order valence-corrected chi connectivity index (χ2v) is 9.50. The normalized spacial score (nSPS) is 15.9. The number of aryl methyl sites for hydroxylation is 1. The van der Waals surface area contributed by atoms with Gasteiger partial charge in [-0.15, -0.1) is 0 Å². The number of hydrogen-bond donors (Lipinski definition) is 1. The summed E-state index contributed by atoms with van der Waals surface area (Å²) in [6.45, 7) is 2.83. The lowest BCUT2D eigenvalue weighted by Crippen LogP contribution is -2.40. The average Bonchev–Trinajstić information content (AvgIpc) is 2.86. The quantitative estimate of drug-likeness (QED) is 0.512. The molecule has 0 aromatic heterocycles. The van der Waals surface area contributed by atoms with E-state index >= 15 is 0 Å². The van der Waals surface area contributed by atoms with E-state index in [1.165, 1.54) is 16.3 Å². The van der Waals surface area contributed by atoms with Gasteiger partial charge in [-0.25, -0.2) is 0 Å². The number of nitrogens with zero attached hydrogens (tertiary/aromatic N) is 2. The minimum atomic E-state index is -0.550. The second-order valence-electron chi connectivity index (χ2n) is 9.50. The van der Waals surface area contributed by atoms with Crippen LogP contribution in [-0.4, -0.2) is 67.3 Å². The molecule has 1 atom stereocenters. The lowest BCUT2D eigenvalue weighted by molar-refractivity contribution is -0.128. The van der Waals surface area contributed by atoms with Crippen molar-refractivity contribution in [3.05, 3.63) is 77.9 Å². The standard InChI is InChI=1S/C29H36N2O3/c1-30(2)29(33)15-14-24-9-4-6-13-28(24)34-21-25(32)20-31-18-16-23(17-19-31)27-12-7-10-22-8-3-5-11-26(22)27/h3-13,23,25,32H,14-21H2,1-2H3. The summed E-state index contributed by atoms with van der Waals surface area (Å²) in [6.07, 6.45) is 2.73. The molecule has 0 saturated carbocycles. The number of carbonyl (C=O) groups is 1. The molecule has 4 rings (SSSR count). The van der Waals surface area contributed by atoms with E-state index < -0.39 is 6.10 Å². The van der Waals surface area contributed by atoms with Gasteiger partial charge < -0.3 is 19.6 Å². The van der Waals surface area contributed by atoms with E-state index in [2.05, 4.69) is 47.4 Å². The highest BCUT2D eigenvalue weighted by Gasteiger charge is 2.23. The highest BCUT2D eigenvalue weighted by Crippen LogP contribution is 2.33. The molecule has 34 heavy (non-hydrogen) atoms. The Labute approximate surface area is 202 Å². The summed E-state index contributed by atoms with van der Waals surface area (Å²) < 4.78 is 5.97. The van der Waals surface area contributed by atoms with Crippen molar-refractivity contribution in [2.45, 2.75) is 37.7 Å². The van der Waals surface area contributed by atoms with Gasteiger partial charge in [-0.3, -0.25) is 4.79 Å². The minimum Gasteiger partial charge on any atom is -0.491 e. The highest BCUT2D eigenvalue weighted by molar-refractivity contribution is 5.86. The Kier molecular flexibility index (Phi) is 8.20. The van der Waals surface area contributed by atoms with Crippen LogP contribution in [0.1, 0.15) is 36.3 Å². The van der Waals surface area contributed by atoms with Crippen LogP contribution >= 0.6 is 0 Å². The molecule has 3 aromatic rings. The molecule has 1 aliphatic rings.